The first kappa shape index (κ1) is 20.6. The number of rotatable bonds is 5. The second-order valence-electron chi connectivity index (χ2n) is 7.86. The van der Waals surface area contributed by atoms with Crippen LogP contribution in [0.5, 0.6) is 0 Å². The number of carbonyl (C=O) groups excluding carboxylic acids is 1. The third-order valence-electron chi connectivity index (χ3n) is 5.47. The van der Waals surface area contributed by atoms with E-state index in [1.165, 1.54) is 5.56 Å². The Balaban J connectivity index is 1.67. The van der Waals surface area contributed by atoms with Crippen LogP contribution < -0.4 is 5.32 Å². The summed E-state index contributed by atoms with van der Waals surface area (Å²) in [6.45, 7) is 7.26. The lowest BCUT2D eigenvalue weighted by Crippen LogP contribution is -2.41. The van der Waals surface area contributed by atoms with Crippen LogP contribution in [-0.2, 0) is 11.3 Å². The molecule has 156 valence electrons. The predicted octanol–water partition coefficient (Wildman–Crippen LogP) is 5.10. The zero-order valence-electron chi connectivity index (χ0n) is 17.3. The van der Waals surface area contributed by atoms with Gasteiger partial charge in [0.2, 0.25) is 0 Å². The number of hydrogen-bond donors (Lipinski definition) is 1. The van der Waals surface area contributed by atoms with Crippen LogP contribution in [0.1, 0.15) is 41.3 Å². The Kier molecular flexibility index (Phi) is 6.21. The second-order valence-corrected chi connectivity index (χ2v) is 8.30. The van der Waals surface area contributed by atoms with E-state index in [0.29, 0.717) is 49.4 Å². The van der Waals surface area contributed by atoms with Crippen molar-refractivity contribution in [3.05, 3.63) is 70.4 Å². The third kappa shape index (κ3) is 4.42. The number of aromatic nitrogens is 1. The van der Waals surface area contributed by atoms with Crippen molar-refractivity contribution in [1.29, 1.82) is 0 Å². The molecule has 5 nitrogen and oxygen atoms in total. The molecule has 1 amide bonds. The number of halogens is 1. The Morgan fingerprint density at radius 2 is 1.90 bits per heavy atom. The number of hydrogen-bond acceptors (Lipinski definition) is 4. The number of anilines is 1. The molecule has 1 saturated heterocycles. The number of pyridine rings is 1. The second kappa shape index (κ2) is 9.02. The van der Waals surface area contributed by atoms with Gasteiger partial charge >= 0.3 is 0 Å². The summed E-state index contributed by atoms with van der Waals surface area (Å²) in [6.07, 6.45) is 1.66. The summed E-state index contributed by atoms with van der Waals surface area (Å²) in [4.78, 5) is 19.6. The fourth-order valence-electron chi connectivity index (χ4n) is 3.67. The van der Waals surface area contributed by atoms with E-state index in [1.54, 1.807) is 6.20 Å². The average molecular weight is 424 g/mol. The van der Waals surface area contributed by atoms with Gasteiger partial charge in [0.1, 0.15) is 0 Å². The molecule has 1 aliphatic rings. The van der Waals surface area contributed by atoms with Gasteiger partial charge in [-0.2, -0.15) is 0 Å². The van der Waals surface area contributed by atoms with E-state index in [0.717, 1.165) is 22.2 Å². The summed E-state index contributed by atoms with van der Waals surface area (Å²) in [5.74, 6) is 0.460. The highest BCUT2D eigenvalue weighted by molar-refractivity contribution is 6.31. The van der Waals surface area contributed by atoms with Gasteiger partial charge < -0.3 is 15.0 Å². The van der Waals surface area contributed by atoms with Crippen LogP contribution in [0.2, 0.25) is 5.02 Å². The summed E-state index contributed by atoms with van der Waals surface area (Å²) in [6, 6.07) is 14.1. The predicted molar refractivity (Wildman–Crippen MR) is 121 cm³/mol. The van der Waals surface area contributed by atoms with Crippen LogP contribution in [0.15, 0.2) is 48.7 Å². The van der Waals surface area contributed by atoms with Crippen molar-refractivity contribution in [2.45, 2.75) is 26.3 Å². The summed E-state index contributed by atoms with van der Waals surface area (Å²) >= 11 is 6.27. The van der Waals surface area contributed by atoms with Gasteiger partial charge in [-0.25, -0.2) is 0 Å². The van der Waals surface area contributed by atoms with Gasteiger partial charge in [0.15, 0.2) is 0 Å². The maximum atomic E-state index is 13.2. The lowest BCUT2D eigenvalue weighted by atomic mass is 10.0. The van der Waals surface area contributed by atoms with Crippen molar-refractivity contribution >= 4 is 34.1 Å². The van der Waals surface area contributed by atoms with Gasteiger partial charge in [0.05, 0.1) is 30.0 Å². The molecule has 4 rings (SSSR count). The molecular formula is C24H26ClN3O2. The molecule has 0 bridgehead atoms. The van der Waals surface area contributed by atoms with E-state index in [4.69, 9.17) is 16.3 Å². The molecule has 0 spiro atoms. The molecule has 0 unspecified atom stereocenters. The molecule has 1 N–H and O–H groups in total. The van der Waals surface area contributed by atoms with Crippen LogP contribution in [-0.4, -0.2) is 42.1 Å². The van der Waals surface area contributed by atoms with E-state index >= 15 is 0 Å². The van der Waals surface area contributed by atoms with Crippen LogP contribution in [0.3, 0.4) is 0 Å². The molecule has 0 atom stereocenters. The smallest absolute Gasteiger partial charge is 0.257 e. The molecule has 1 fully saturated rings. The standard InChI is InChI=1S/C24H26ClN3O2/c1-16(2)18-5-3-17(4-6-18)14-27-23-20-13-19(25)7-8-22(20)26-15-21(23)24(29)28-9-11-30-12-10-28/h3-8,13,15-16H,9-12,14H2,1-2H3,(H,26,27). The molecule has 0 saturated carbocycles. The van der Waals surface area contributed by atoms with Gasteiger partial charge in [0.25, 0.3) is 5.91 Å². The van der Waals surface area contributed by atoms with E-state index in [1.807, 2.05) is 23.1 Å². The first-order valence-electron chi connectivity index (χ1n) is 10.3. The van der Waals surface area contributed by atoms with Gasteiger partial charge in [-0.1, -0.05) is 49.7 Å². The minimum atomic E-state index is -0.0367. The molecule has 6 heteroatoms. The highest BCUT2D eigenvalue weighted by Crippen LogP contribution is 2.30. The largest absolute Gasteiger partial charge is 0.380 e. The zero-order chi connectivity index (χ0) is 21.1. The Morgan fingerprint density at radius 3 is 2.60 bits per heavy atom. The van der Waals surface area contributed by atoms with Crippen molar-refractivity contribution in [1.82, 2.24) is 9.88 Å². The lowest BCUT2D eigenvalue weighted by Gasteiger charge is -2.28. The number of nitrogens with one attached hydrogen (secondary N) is 1. The molecule has 30 heavy (non-hydrogen) atoms. The summed E-state index contributed by atoms with van der Waals surface area (Å²) in [5, 5.41) is 4.95. The molecular weight excluding hydrogens is 398 g/mol. The maximum absolute atomic E-state index is 13.2. The van der Waals surface area contributed by atoms with Crippen molar-refractivity contribution in [2.24, 2.45) is 0 Å². The number of amides is 1. The molecule has 2 heterocycles. The van der Waals surface area contributed by atoms with E-state index in [-0.39, 0.29) is 5.91 Å². The first-order valence-corrected chi connectivity index (χ1v) is 10.7. The molecule has 0 aliphatic carbocycles. The normalized spacial score (nSPS) is 14.3. The molecule has 2 aromatic carbocycles. The fraction of sp³-hybridized carbons (Fsp3) is 0.333. The minimum absolute atomic E-state index is 0.0367. The van der Waals surface area contributed by atoms with Crippen molar-refractivity contribution in [2.75, 3.05) is 31.6 Å². The Labute approximate surface area is 182 Å². The fourth-order valence-corrected chi connectivity index (χ4v) is 3.84. The van der Waals surface area contributed by atoms with Crippen LogP contribution in [0, 0.1) is 0 Å². The first-order chi connectivity index (χ1) is 14.5. The van der Waals surface area contributed by atoms with Crippen molar-refractivity contribution in [3.63, 3.8) is 0 Å². The van der Waals surface area contributed by atoms with Crippen LogP contribution >= 0.6 is 11.6 Å². The highest BCUT2D eigenvalue weighted by Gasteiger charge is 2.23. The molecule has 1 aromatic heterocycles. The minimum Gasteiger partial charge on any atom is -0.380 e. The number of carbonyl (C=O) groups is 1. The summed E-state index contributed by atoms with van der Waals surface area (Å²) < 4.78 is 5.39. The Hall–Kier alpha value is -2.63. The summed E-state index contributed by atoms with van der Waals surface area (Å²) in [5.41, 5.74) is 4.59. The number of morpholine rings is 1. The monoisotopic (exact) mass is 423 g/mol. The van der Waals surface area contributed by atoms with Gasteiger partial charge in [-0.05, 0) is 35.2 Å². The topological polar surface area (TPSA) is 54.5 Å². The number of ether oxygens (including phenoxy) is 1. The van der Waals surface area contributed by atoms with Crippen LogP contribution in [0.25, 0.3) is 10.9 Å². The summed E-state index contributed by atoms with van der Waals surface area (Å²) in [7, 11) is 0. The zero-order valence-corrected chi connectivity index (χ0v) is 18.1. The van der Waals surface area contributed by atoms with E-state index in [9.17, 15) is 4.79 Å². The number of benzene rings is 2. The highest BCUT2D eigenvalue weighted by atomic mass is 35.5. The molecule has 1 aliphatic heterocycles. The van der Waals surface area contributed by atoms with Gasteiger partial charge in [0, 0.05) is 36.2 Å². The maximum Gasteiger partial charge on any atom is 0.257 e. The van der Waals surface area contributed by atoms with E-state index in [2.05, 4.69) is 48.4 Å². The van der Waals surface area contributed by atoms with Crippen molar-refractivity contribution < 1.29 is 9.53 Å². The van der Waals surface area contributed by atoms with E-state index < -0.39 is 0 Å². The van der Waals surface area contributed by atoms with Crippen molar-refractivity contribution in [3.8, 4) is 0 Å². The van der Waals surface area contributed by atoms with Gasteiger partial charge in [-0.15, -0.1) is 0 Å². The Morgan fingerprint density at radius 1 is 1.17 bits per heavy atom. The van der Waals surface area contributed by atoms with Crippen LogP contribution in [0.4, 0.5) is 5.69 Å². The average Bonchev–Trinajstić information content (AvgIpc) is 2.77. The quantitative estimate of drug-likeness (QED) is 0.620. The lowest BCUT2D eigenvalue weighted by molar-refractivity contribution is 0.0303. The number of fused-ring (bicyclic) bond motifs is 1. The SMILES string of the molecule is CC(C)c1ccc(CNc2c(C(=O)N3CCOCC3)cnc3ccc(Cl)cc23)cc1. The molecule has 3 aromatic rings. The number of nitrogens with zero attached hydrogens (tertiary/aromatic N) is 2. The third-order valence-corrected chi connectivity index (χ3v) is 5.71. The van der Waals surface area contributed by atoms with Gasteiger partial charge in [-0.3, -0.25) is 9.78 Å². The molecule has 0 radical (unpaired) electrons. The Bertz CT molecular complexity index is 1040.